The third-order valence-electron chi connectivity index (χ3n) is 3.88. The number of nitrogens with one attached hydrogen (secondary N) is 1. The van der Waals surface area contributed by atoms with Gasteiger partial charge < -0.3 is 9.88 Å². The van der Waals surface area contributed by atoms with E-state index in [9.17, 15) is 0 Å². The molecule has 0 radical (unpaired) electrons. The van der Waals surface area contributed by atoms with Crippen molar-refractivity contribution < 1.29 is 0 Å². The number of aryl methyl sites for hydroxylation is 1. The van der Waals surface area contributed by atoms with Crippen LogP contribution in [-0.2, 0) is 19.6 Å². The molecule has 0 aliphatic rings. The number of aromatic nitrogens is 1. The van der Waals surface area contributed by atoms with Crippen molar-refractivity contribution >= 4 is 0 Å². The standard InChI is InChI=1S/C20H22N2/c1-17-9-11-19(12-10-17)16-22-13-5-8-20(22)15-21-14-18-6-3-2-4-7-18/h2-13,21H,14-16H2,1H3. The van der Waals surface area contributed by atoms with Gasteiger partial charge in [0.05, 0.1) is 0 Å². The van der Waals surface area contributed by atoms with Crippen LogP contribution in [0.25, 0.3) is 0 Å². The summed E-state index contributed by atoms with van der Waals surface area (Å²) in [5.74, 6) is 0. The third kappa shape index (κ3) is 3.86. The van der Waals surface area contributed by atoms with Gasteiger partial charge in [0.1, 0.15) is 0 Å². The van der Waals surface area contributed by atoms with Crippen molar-refractivity contribution in [3.63, 3.8) is 0 Å². The van der Waals surface area contributed by atoms with E-state index < -0.39 is 0 Å². The maximum Gasteiger partial charge on any atom is 0.0473 e. The molecule has 0 aliphatic carbocycles. The zero-order chi connectivity index (χ0) is 15.2. The molecule has 112 valence electrons. The number of hydrogen-bond acceptors (Lipinski definition) is 1. The van der Waals surface area contributed by atoms with Crippen LogP contribution in [0.2, 0.25) is 0 Å². The van der Waals surface area contributed by atoms with E-state index in [2.05, 4.69) is 89.7 Å². The molecule has 2 nitrogen and oxygen atoms in total. The molecule has 0 bridgehead atoms. The highest BCUT2D eigenvalue weighted by Gasteiger charge is 2.02. The average Bonchev–Trinajstić information content (AvgIpc) is 2.98. The second kappa shape index (κ2) is 7.10. The summed E-state index contributed by atoms with van der Waals surface area (Å²) in [5, 5.41) is 3.52. The monoisotopic (exact) mass is 290 g/mol. The van der Waals surface area contributed by atoms with Gasteiger partial charge in [-0.2, -0.15) is 0 Å². The fourth-order valence-corrected chi connectivity index (χ4v) is 2.59. The van der Waals surface area contributed by atoms with Crippen LogP contribution in [0, 0.1) is 6.92 Å². The van der Waals surface area contributed by atoms with Gasteiger partial charge in [0.2, 0.25) is 0 Å². The lowest BCUT2D eigenvalue weighted by atomic mass is 10.1. The predicted molar refractivity (Wildman–Crippen MR) is 91.7 cm³/mol. The molecule has 0 fully saturated rings. The molecule has 0 aliphatic heterocycles. The number of benzene rings is 2. The highest BCUT2D eigenvalue weighted by atomic mass is 15.0. The predicted octanol–water partition coefficient (Wildman–Crippen LogP) is 4.13. The zero-order valence-corrected chi connectivity index (χ0v) is 13.0. The second-order valence-corrected chi connectivity index (χ2v) is 5.70. The van der Waals surface area contributed by atoms with E-state index in [0.717, 1.165) is 19.6 Å². The maximum absolute atomic E-state index is 3.52. The van der Waals surface area contributed by atoms with Gasteiger partial charge in [-0.3, -0.25) is 0 Å². The molecular weight excluding hydrogens is 268 g/mol. The minimum atomic E-state index is 0.883. The van der Waals surface area contributed by atoms with Crippen molar-refractivity contribution in [2.75, 3.05) is 0 Å². The van der Waals surface area contributed by atoms with Crippen molar-refractivity contribution in [3.8, 4) is 0 Å². The lowest BCUT2D eigenvalue weighted by Crippen LogP contribution is -2.16. The van der Waals surface area contributed by atoms with Crippen molar-refractivity contribution in [2.45, 2.75) is 26.6 Å². The average molecular weight is 290 g/mol. The molecule has 0 unspecified atom stereocenters. The molecule has 0 saturated carbocycles. The summed E-state index contributed by atoms with van der Waals surface area (Å²) in [5.41, 5.74) is 5.28. The van der Waals surface area contributed by atoms with Gasteiger partial charge in [-0.15, -0.1) is 0 Å². The van der Waals surface area contributed by atoms with E-state index in [1.54, 1.807) is 0 Å². The molecule has 0 atom stereocenters. The summed E-state index contributed by atoms with van der Waals surface area (Å²) in [6, 6.07) is 23.6. The Morgan fingerprint density at radius 1 is 0.773 bits per heavy atom. The van der Waals surface area contributed by atoms with Crippen LogP contribution in [0.4, 0.5) is 0 Å². The van der Waals surface area contributed by atoms with Gasteiger partial charge in [-0.05, 0) is 30.2 Å². The quantitative estimate of drug-likeness (QED) is 0.722. The number of rotatable bonds is 6. The Morgan fingerprint density at radius 2 is 1.55 bits per heavy atom. The summed E-state index contributed by atoms with van der Waals surface area (Å²) in [7, 11) is 0. The van der Waals surface area contributed by atoms with Gasteiger partial charge in [0, 0.05) is 31.5 Å². The van der Waals surface area contributed by atoms with E-state index in [4.69, 9.17) is 0 Å². The third-order valence-corrected chi connectivity index (χ3v) is 3.88. The largest absolute Gasteiger partial charge is 0.346 e. The Bertz CT molecular complexity index is 696. The summed E-state index contributed by atoms with van der Waals surface area (Å²) in [6.45, 7) is 4.83. The van der Waals surface area contributed by atoms with Crippen LogP contribution in [0.15, 0.2) is 72.9 Å². The molecule has 2 aromatic carbocycles. The normalized spacial score (nSPS) is 10.8. The minimum Gasteiger partial charge on any atom is -0.346 e. The SMILES string of the molecule is Cc1ccc(Cn2cccc2CNCc2ccccc2)cc1. The lowest BCUT2D eigenvalue weighted by molar-refractivity contribution is 0.638. The first-order chi connectivity index (χ1) is 10.8. The summed E-state index contributed by atoms with van der Waals surface area (Å²) < 4.78 is 2.31. The highest BCUT2D eigenvalue weighted by Crippen LogP contribution is 2.09. The summed E-state index contributed by atoms with van der Waals surface area (Å²) >= 11 is 0. The highest BCUT2D eigenvalue weighted by molar-refractivity contribution is 5.22. The van der Waals surface area contributed by atoms with Crippen LogP contribution in [-0.4, -0.2) is 4.57 Å². The first kappa shape index (κ1) is 14.6. The smallest absolute Gasteiger partial charge is 0.0473 e. The molecular formula is C20H22N2. The van der Waals surface area contributed by atoms with Crippen molar-refractivity contribution in [1.82, 2.24) is 9.88 Å². The van der Waals surface area contributed by atoms with E-state index >= 15 is 0 Å². The van der Waals surface area contributed by atoms with E-state index in [1.807, 2.05) is 0 Å². The lowest BCUT2D eigenvalue weighted by Gasteiger charge is -2.11. The van der Waals surface area contributed by atoms with Gasteiger partial charge in [0.15, 0.2) is 0 Å². The Labute approximate surface area is 132 Å². The molecule has 1 N–H and O–H groups in total. The van der Waals surface area contributed by atoms with Crippen LogP contribution < -0.4 is 5.32 Å². The Morgan fingerprint density at radius 3 is 2.32 bits per heavy atom. The van der Waals surface area contributed by atoms with Crippen LogP contribution in [0.3, 0.4) is 0 Å². The Hall–Kier alpha value is -2.32. The molecule has 0 amide bonds. The van der Waals surface area contributed by atoms with E-state index in [1.165, 1.54) is 22.4 Å². The van der Waals surface area contributed by atoms with Gasteiger partial charge in [0.25, 0.3) is 0 Å². The molecule has 22 heavy (non-hydrogen) atoms. The summed E-state index contributed by atoms with van der Waals surface area (Å²) in [4.78, 5) is 0. The molecule has 0 saturated heterocycles. The fourth-order valence-electron chi connectivity index (χ4n) is 2.59. The maximum atomic E-state index is 3.52. The van der Waals surface area contributed by atoms with Crippen molar-refractivity contribution in [1.29, 1.82) is 0 Å². The van der Waals surface area contributed by atoms with Gasteiger partial charge in [-0.1, -0.05) is 60.2 Å². The molecule has 1 aromatic heterocycles. The first-order valence-corrected chi connectivity index (χ1v) is 7.75. The van der Waals surface area contributed by atoms with Crippen LogP contribution >= 0.6 is 0 Å². The summed E-state index contributed by atoms with van der Waals surface area (Å²) in [6.07, 6.45) is 2.15. The van der Waals surface area contributed by atoms with Crippen molar-refractivity contribution in [2.24, 2.45) is 0 Å². The van der Waals surface area contributed by atoms with Crippen LogP contribution in [0.5, 0.6) is 0 Å². The molecule has 3 aromatic rings. The topological polar surface area (TPSA) is 17.0 Å². The minimum absolute atomic E-state index is 0.883. The molecule has 3 rings (SSSR count). The Balaban J connectivity index is 1.59. The molecule has 2 heteroatoms. The van der Waals surface area contributed by atoms with E-state index in [-0.39, 0.29) is 0 Å². The number of hydrogen-bond donors (Lipinski definition) is 1. The first-order valence-electron chi connectivity index (χ1n) is 7.75. The molecule has 1 heterocycles. The second-order valence-electron chi connectivity index (χ2n) is 5.70. The van der Waals surface area contributed by atoms with Gasteiger partial charge >= 0.3 is 0 Å². The molecule has 0 spiro atoms. The van der Waals surface area contributed by atoms with Crippen molar-refractivity contribution in [3.05, 3.63) is 95.3 Å². The van der Waals surface area contributed by atoms with Crippen LogP contribution in [0.1, 0.15) is 22.4 Å². The number of nitrogens with zero attached hydrogens (tertiary/aromatic N) is 1. The Kier molecular flexibility index (Phi) is 4.71. The zero-order valence-electron chi connectivity index (χ0n) is 13.0. The van der Waals surface area contributed by atoms with E-state index in [0.29, 0.717) is 0 Å². The van der Waals surface area contributed by atoms with Gasteiger partial charge in [-0.25, -0.2) is 0 Å². The fraction of sp³-hybridized carbons (Fsp3) is 0.200.